The number of aryl methyl sites for hydroxylation is 2. The number of rotatable bonds is 8. The Labute approximate surface area is 189 Å². The van der Waals surface area contributed by atoms with E-state index in [-0.39, 0.29) is 24.8 Å². The minimum atomic E-state index is -0.657. The molecule has 0 radical (unpaired) electrons. The van der Waals surface area contributed by atoms with Gasteiger partial charge >= 0.3 is 0 Å². The second kappa shape index (κ2) is 10.8. The van der Waals surface area contributed by atoms with E-state index in [4.69, 9.17) is 23.2 Å². The molecule has 0 saturated heterocycles. The minimum absolute atomic E-state index is 0.151. The Balaban J connectivity index is 2.30. The molecule has 30 heavy (non-hydrogen) atoms. The van der Waals surface area contributed by atoms with Crippen molar-refractivity contribution in [3.63, 3.8) is 0 Å². The summed E-state index contributed by atoms with van der Waals surface area (Å²) in [7, 11) is 0. The normalized spacial score (nSPS) is 12.0. The Bertz CT molecular complexity index is 892. The topological polar surface area (TPSA) is 49.4 Å². The fourth-order valence-corrected chi connectivity index (χ4v) is 3.60. The number of amides is 2. The van der Waals surface area contributed by atoms with Crippen LogP contribution in [-0.4, -0.2) is 29.3 Å². The summed E-state index contributed by atoms with van der Waals surface area (Å²) in [4.78, 5) is 27.6. The van der Waals surface area contributed by atoms with Crippen molar-refractivity contribution >= 4 is 35.0 Å². The maximum absolute atomic E-state index is 13.3. The Morgan fingerprint density at radius 2 is 1.63 bits per heavy atom. The van der Waals surface area contributed by atoms with Gasteiger partial charge in [0.25, 0.3) is 0 Å². The van der Waals surface area contributed by atoms with Gasteiger partial charge in [-0.1, -0.05) is 61.3 Å². The van der Waals surface area contributed by atoms with E-state index in [1.54, 1.807) is 30.0 Å². The Kier molecular flexibility index (Phi) is 8.75. The molecule has 0 heterocycles. The van der Waals surface area contributed by atoms with E-state index < -0.39 is 6.04 Å². The monoisotopic (exact) mass is 448 g/mol. The van der Waals surface area contributed by atoms with Gasteiger partial charge in [0.05, 0.1) is 6.42 Å². The van der Waals surface area contributed by atoms with Crippen LogP contribution in [0.4, 0.5) is 0 Å². The van der Waals surface area contributed by atoms with Crippen molar-refractivity contribution in [3.8, 4) is 0 Å². The molecule has 0 aliphatic heterocycles. The van der Waals surface area contributed by atoms with E-state index in [0.717, 1.165) is 11.1 Å². The lowest BCUT2D eigenvalue weighted by atomic mass is 10.0. The molecule has 0 aliphatic carbocycles. The first-order valence-corrected chi connectivity index (χ1v) is 10.9. The first-order valence-electron chi connectivity index (χ1n) is 10.2. The van der Waals surface area contributed by atoms with E-state index in [9.17, 15) is 9.59 Å². The van der Waals surface area contributed by atoms with Crippen molar-refractivity contribution in [2.75, 3.05) is 6.54 Å². The number of nitrogens with one attached hydrogen (secondary N) is 1. The lowest BCUT2D eigenvalue weighted by Gasteiger charge is -2.30. The van der Waals surface area contributed by atoms with Crippen molar-refractivity contribution in [1.29, 1.82) is 0 Å². The van der Waals surface area contributed by atoms with Crippen LogP contribution in [0.5, 0.6) is 0 Å². The minimum Gasteiger partial charge on any atom is -0.354 e. The van der Waals surface area contributed by atoms with Crippen LogP contribution >= 0.6 is 23.2 Å². The van der Waals surface area contributed by atoms with Gasteiger partial charge in [0, 0.05) is 28.7 Å². The van der Waals surface area contributed by atoms with E-state index >= 15 is 0 Å². The summed E-state index contributed by atoms with van der Waals surface area (Å²) in [5, 5.41) is 3.86. The average Bonchev–Trinajstić information content (AvgIpc) is 2.68. The SMILES string of the molecule is Cc1ccc(CC(=O)N(Cc2c(Cl)cccc2Cl)C(C)C(=O)NCC(C)C)cc1C. The molecule has 0 fully saturated rings. The number of hydrogen-bond acceptors (Lipinski definition) is 2. The van der Waals surface area contributed by atoms with Crippen molar-refractivity contribution in [1.82, 2.24) is 10.2 Å². The van der Waals surface area contributed by atoms with Crippen LogP contribution in [-0.2, 0) is 22.6 Å². The second-order valence-corrected chi connectivity index (χ2v) is 8.95. The van der Waals surface area contributed by atoms with Crippen LogP contribution in [0.3, 0.4) is 0 Å². The third-order valence-electron chi connectivity index (χ3n) is 5.17. The van der Waals surface area contributed by atoms with Crippen LogP contribution in [0.1, 0.15) is 43.0 Å². The van der Waals surface area contributed by atoms with Gasteiger partial charge in [-0.2, -0.15) is 0 Å². The fraction of sp³-hybridized carbons (Fsp3) is 0.417. The number of carbonyl (C=O) groups excluding carboxylic acids is 2. The molecule has 4 nitrogen and oxygen atoms in total. The zero-order chi connectivity index (χ0) is 22.4. The quantitative estimate of drug-likeness (QED) is 0.591. The van der Waals surface area contributed by atoms with E-state index in [2.05, 4.69) is 5.32 Å². The summed E-state index contributed by atoms with van der Waals surface area (Å²) in [6.07, 6.45) is 0.199. The summed E-state index contributed by atoms with van der Waals surface area (Å²) in [6.45, 7) is 10.6. The highest BCUT2D eigenvalue weighted by Gasteiger charge is 2.27. The van der Waals surface area contributed by atoms with E-state index in [0.29, 0.717) is 28.1 Å². The summed E-state index contributed by atoms with van der Waals surface area (Å²) in [5.74, 6) is -0.0272. The Hall–Kier alpha value is -2.04. The third kappa shape index (κ3) is 6.48. The highest BCUT2D eigenvalue weighted by molar-refractivity contribution is 6.36. The maximum Gasteiger partial charge on any atom is 0.242 e. The van der Waals surface area contributed by atoms with Gasteiger partial charge in [-0.05, 0) is 55.5 Å². The van der Waals surface area contributed by atoms with Gasteiger partial charge in [-0.3, -0.25) is 9.59 Å². The van der Waals surface area contributed by atoms with Crippen LogP contribution in [0.2, 0.25) is 10.0 Å². The number of nitrogens with zero attached hydrogens (tertiary/aromatic N) is 1. The highest BCUT2D eigenvalue weighted by atomic mass is 35.5. The average molecular weight is 449 g/mol. The lowest BCUT2D eigenvalue weighted by Crippen LogP contribution is -2.48. The van der Waals surface area contributed by atoms with Gasteiger partial charge < -0.3 is 10.2 Å². The molecule has 1 atom stereocenters. The predicted molar refractivity (Wildman–Crippen MR) is 124 cm³/mol. The summed E-state index contributed by atoms with van der Waals surface area (Å²) < 4.78 is 0. The molecule has 0 bridgehead atoms. The molecule has 162 valence electrons. The molecule has 0 spiro atoms. The van der Waals surface area contributed by atoms with Gasteiger partial charge in [-0.25, -0.2) is 0 Å². The Morgan fingerprint density at radius 3 is 2.20 bits per heavy atom. The molecule has 1 unspecified atom stereocenters. The summed E-state index contributed by atoms with van der Waals surface area (Å²) in [6, 6.07) is 10.5. The Morgan fingerprint density at radius 1 is 1.00 bits per heavy atom. The molecule has 2 aromatic rings. The maximum atomic E-state index is 13.3. The molecular weight excluding hydrogens is 419 g/mol. The van der Waals surface area contributed by atoms with E-state index in [1.807, 2.05) is 45.9 Å². The summed E-state index contributed by atoms with van der Waals surface area (Å²) >= 11 is 12.7. The fourth-order valence-electron chi connectivity index (χ4n) is 3.08. The van der Waals surface area contributed by atoms with E-state index in [1.165, 1.54) is 5.56 Å². The van der Waals surface area contributed by atoms with Crippen LogP contribution in [0.15, 0.2) is 36.4 Å². The lowest BCUT2D eigenvalue weighted by molar-refractivity contribution is -0.140. The molecule has 0 saturated carbocycles. The number of carbonyl (C=O) groups is 2. The van der Waals surface area contributed by atoms with Crippen LogP contribution < -0.4 is 5.32 Å². The first-order chi connectivity index (χ1) is 14.1. The van der Waals surface area contributed by atoms with Crippen LogP contribution in [0.25, 0.3) is 0 Å². The van der Waals surface area contributed by atoms with Gasteiger partial charge in [0.1, 0.15) is 6.04 Å². The second-order valence-electron chi connectivity index (χ2n) is 8.13. The molecule has 2 aromatic carbocycles. The smallest absolute Gasteiger partial charge is 0.242 e. The predicted octanol–water partition coefficient (Wildman–Crippen LogP) is 5.34. The first kappa shape index (κ1) is 24.2. The summed E-state index contributed by atoms with van der Waals surface area (Å²) in [5.41, 5.74) is 3.85. The van der Waals surface area contributed by atoms with Crippen molar-refractivity contribution in [2.24, 2.45) is 5.92 Å². The van der Waals surface area contributed by atoms with Crippen molar-refractivity contribution < 1.29 is 9.59 Å². The van der Waals surface area contributed by atoms with Gasteiger partial charge in [0.15, 0.2) is 0 Å². The number of halogens is 2. The molecule has 6 heteroatoms. The van der Waals surface area contributed by atoms with Gasteiger partial charge in [-0.15, -0.1) is 0 Å². The molecule has 1 N–H and O–H groups in total. The van der Waals surface area contributed by atoms with Crippen molar-refractivity contribution in [3.05, 3.63) is 68.7 Å². The molecule has 0 aliphatic rings. The number of benzene rings is 2. The van der Waals surface area contributed by atoms with Crippen LogP contribution in [0, 0.1) is 19.8 Å². The molecule has 0 aromatic heterocycles. The zero-order valence-corrected chi connectivity index (χ0v) is 19.8. The third-order valence-corrected chi connectivity index (χ3v) is 5.88. The molecular formula is C24H30Cl2N2O2. The molecule has 2 rings (SSSR count). The largest absolute Gasteiger partial charge is 0.354 e. The standard InChI is InChI=1S/C24H30Cl2N2O2/c1-15(2)13-27-24(30)18(5)28(14-20-21(25)7-6-8-22(20)26)23(29)12-19-10-9-16(3)17(4)11-19/h6-11,15,18H,12-14H2,1-5H3,(H,27,30). The van der Waals surface area contributed by atoms with Crippen molar-refractivity contribution in [2.45, 2.75) is 53.6 Å². The molecule has 2 amide bonds. The highest BCUT2D eigenvalue weighted by Crippen LogP contribution is 2.27. The zero-order valence-electron chi connectivity index (χ0n) is 18.3. The number of hydrogen-bond donors (Lipinski definition) is 1. The van der Waals surface area contributed by atoms with Gasteiger partial charge in [0.2, 0.25) is 11.8 Å².